The molecule has 0 atom stereocenters. The molecular formula is C12H12BrF2N3. The average Bonchev–Trinajstić information content (AvgIpc) is 2.71. The number of hydrogen-bond acceptors (Lipinski definition) is 2. The molecule has 2 aromatic rings. The van der Waals surface area contributed by atoms with Crippen LogP contribution in [0.5, 0.6) is 0 Å². The third kappa shape index (κ3) is 2.69. The summed E-state index contributed by atoms with van der Waals surface area (Å²) in [6, 6.07) is 2.04. The van der Waals surface area contributed by atoms with E-state index in [2.05, 4.69) is 26.2 Å². The number of aromatic nitrogens is 2. The van der Waals surface area contributed by atoms with Gasteiger partial charge in [-0.1, -0.05) is 6.92 Å². The Labute approximate surface area is 112 Å². The Morgan fingerprint density at radius 2 is 2.17 bits per heavy atom. The Kier molecular flexibility index (Phi) is 3.96. The molecule has 1 N–H and O–H groups in total. The first kappa shape index (κ1) is 13.0. The number of anilines is 2. The fourth-order valence-electron chi connectivity index (χ4n) is 1.63. The zero-order valence-corrected chi connectivity index (χ0v) is 11.3. The second-order valence-electron chi connectivity index (χ2n) is 3.81. The molecule has 1 heterocycles. The molecule has 0 amide bonds. The van der Waals surface area contributed by atoms with E-state index < -0.39 is 11.6 Å². The van der Waals surface area contributed by atoms with Gasteiger partial charge in [-0.15, -0.1) is 0 Å². The summed E-state index contributed by atoms with van der Waals surface area (Å²) in [5.41, 5.74) is 0.181. The molecule has 0 spiro atoms. The minimum absolute atomic E-state index is 0.181. The average molecular weight is 316 g/mol. The highest BCUT2D eigenvalue weighted by molar-refractivity contribution is 9.10. The molecular weight excluding hydrogens is 304 g/mol. The molecule has 6 heteroatoms. The Hall–Kier alpha value is -1.43. The second kappa shape index (κ2) is 5.48. The number of halogens is 3. The van der Waals surface area contributed by atoms with Gasteiger partial charge in [0.05, 0.1) is 5.69 Å². The summed E-state index contributed by atoms with van der Waals surface area (Å²) in [6.07, 6.45) is 4.38. The van der Waals surface area contributed by atoms with Crippen LogP contribution in [0.1, 0.15) is 13.3 Å². The van der Waals surface area contributed by atoms with Gasteiger partial charge in [-0.25, -0.2) is 13.8 Å². The molecule has 0 saturated carbocycles. The molecule has 0 aliphatic carbocycles. The summed E-state index contributed by atoms with van der Waals surface area (Å²) in [6.45, 7) is 2.82. The molecule has 0 bridgehead atoms. The van der Waals surface area contributed by atoms with Crippen LogP contribution in [0.2, 0.25) is 0 Å². The monoisotopic (exact) mass is 315 g/mol. The first-order valence-electron chi connectivity index (χ1n) is 5.54. The Morgan fingerprint density at radius 3 is 2.83 bits per heavy atom. The van der Waals surface area contributed by atoms with Crippen molar-refractivity contribution in [2.45, 2.75) is 19.9 Å². The molecule has 0 unspecified atom stereocenters. The predicted octanol–water partition coefficient (Wildman–Crippen LogP) is 4.08. The SMILES string of the molecule is CCCn1ccnc1Nc1c(F)cc(F)cc1Br. The molecule has 1 aromatic heterocycles. The molecule has 0 aliphatic rings. The third-order valence-corrected chi connectivity index (χ3v) is 3.05. The number of nitrogens with one attached hydrogen (secondary N) is 1. The molecule has 1 aromatic carbocycles. The normalized spacial score (nSPS) is 10.7. The molecule has 0 saturated heterocycles. The molecule has 0 aliphatic heterocycles. The summed E-state index contributed by atoms with van der Waals surface area (Å²) in [5.74, 6) is -0.752. The van der Waals surface area contributed by atoms with E-state index in [1.165, 1.54) is 6.07 Å². The largest absolute Gasteiger partial charge is 0.322 e. The van der Waals surface area contributed by atoms with Crippen molar-refractivity contribution in [3.8, 4) is 0 Å². The maximum atomic E-state index is 13.7. The van der Waals surface area contributed by atoms with Gasteiger partial charge in [0, 0.05) is 29.5 Å². The van der Waals surface area contributed by atoms with E-state index in [0.717, 1.165) is 19.0 Å². The molecule has 0 fully saturated rings. The summed E-state index contributed by atoms with van der Waals surface area (Å²) in [7, 11) is 0. The zero-order valence-electron chi connectivity index (χ0n) is 9.75. The second-order valence-corrected chi connectivity index (χ2v) is 4.67. The highest BCUT2D eigenvalue weighted by atomic mass is 79.9. The van der Waals surface area contributed by atoms with Crippen LogP contribution in [0.4, 0.5) is 20.4 Å². The third-order valence-electron chi connectivity index (χ3n) is 2.42. The van der Waals surface area contributed by atoms with E-state index in [1.807, 2.05) is 11.5 Å². The van der Waals surface area contributed by atoms with Crippen molar-refractivity contribution in [2.24, 2.45) is 0 Å². The highest BCUT2D eigenvalue weighted by Crippen LogP contribution is 2.29. The molecule has 18 heavy (non-hydrogen) atoms. The van der Waals surface area contributed by atoms with Gasteiger partial charge in [-0.2, -0.15) is 0 Å². The number of nitrogens with zero attached hydrogens (tertiary/aromatic N) is 2. The van der Waals surface area contributed by atoms with Gasteiger partial charge in [0.25, 0.3) is 0 Å². The van der Waals surface area contributed by atoms with Gasteiger partial charge >= 0.3 is 0 Å². The molecule has 2 rings (SSSR count). The van der Waals surface area contributed by atoms with Crippen molar-refractivity contribution in [2.75, 3.05) is 5.32 Å². The van der Waals surface area contributed by atoms with E-state index in [4.69, 9.17) is 0 Å². The van der Waals surface area contributed by atoms with Crippen molar-refractivity contribution >= 4 is 27.6 Å². The van der Waals surface area contributed by atoms with E-state index in [0.29, 0.717) is 10.4 Å². The molecule has 0 radical (unpaired) electrons. The van der Waals surface area contributed by atoms with E-state index in [-0.39, 0.29) is 5.69 Å². The number of imidazole rings is 1. The minimum Gasteiger partial charge on any atom is -0.322 e. The summed E-state index contributed by atoms with van der Waals surface area (Å²) in [5, 5.41) is 2.86. The van der Waals surface area contributed by atoms with Crippen LogP contribution in [-0.4, -0.2) is 9.55 Å². The smallest absolute Gasteiger partial charge is 0.207 e. The minimum atomic E-state index is -0.659. The van der Waals surface area contributed by atoms with Gasteiger partial charge < -0.3 is 9.88 Å². The molecule has 96 valence electrons. The Bertz CT molecular complexity index is 531. The van der Waals surface area contributed by atoms with Gasteiger partial charge in [0.2, 0.25) is 5.95 Å². The lowest BCUT2D eigenvalue weighted by molar-refractivity contribution is 0.584. The van der Waals surface area contributed by atoms with Crippen molar-refractivity contribution in [3.63, 3.8) is 0 Å². The van der Waals surface area contributed by atoms with Crippen LogP contribution in [0.3, 0.4) is 0 Å². The van der Waals surface area contributed by atoms with E-state index >= 15 is 0 Å². The number of hydrogen-bond donors (Lipinski definition) is 1. The lowest BCUT2D eigenvalue weighted by atomic mass is 10.3. The first-order chi connectivity index (χ1) is 8.61. The highest BCUT2D eigenvalue weighted by Gasteiger charge is 2.12. The van der Waals surface area contributed by atoms with Gasteiger partial charge in [0.15, 0.2) is 5.82 Å². The van der Waals surface area contributed by atoms with Crippen LogP contribution in [0, 0.1) is 11.6 Å². The van der Waals surface area contributed by atoms with Crippen LogP contribution in [0.15, 0.2) is 29.0 Å². The quantitative estimate of drug-likeness (QED) is 0.921. The van der Waals surface area contributed by atoms with Gasteiger partial charge in [0.1, 0.15) is 5.82 Å². The lowest BCUT2D eigenvalue weighted by Gasteiger charge is -2.11. The maximum absolute atomic E-state index is 13.7. The first-order valence-corrected chi connectivity index (χ1v) is 6.33. The van der Waals surface area contributed by atoms with Gasteiger partial charge in [-0.3, -0.25) is 0 Å². The van der Waals surface area contributed by atoms with Crippen LogP contribution in [0.25, 0.3) is 0 Å². The van der Waals surface area contributed by atoms with Crippen molar-refractivity contribution in [1.29, 1.82) is 0 Å². The maximum Gasteiger partial charge on any atom is 0.207 e. The zero-order chi connectivity index (χ0) is 13.1. The Balaban J connectivity index is 2.31. The summed E-state index contributed by atoms with van der Waals surface area (Å²) < 4.78 is 28.8. The number of rotatable bonds is 4. The van der Waals surface area contributed by atoms with Crippen LogP contribution in [-0.2, 0) is 6.54 Å². The van der Waals surface area contributed by atoms with Crippen LogP contribution < -0.4 is 5.32 Å². The fourth-order valence-corrected chi connectivity index (χ4v) is 2.14. The predicted molar refractivity (Wildman–Crippen MR) is 69.9 cm³/mol. The number of benzene rings is 1. The summed E-state index contributed by atoms with van der Waals surface area (Å²) >= 11 is 3.13. The van der Waals surface area contributed by atoms with Crippen LogP contribution >= 0.6 is 15.9 Å². The lowest BCUT2D eigenvalue weighted by Crippen LogP contribution is -2.04. The molecule has 3 nitrogen and oxygen atoms in total. The standard InChI is InChI=1S/C12H12BrF2N3/c1-2-4-18-5-3-16-12(18)17-11-9(13)6-8(14)7-10(11)15/h3,5-7H,2,4H2,1H3,(H,16,17). The van der Waals surface area contributed by atoms with E-state index in [1.54, 1.807) is 12.4 Å². The van der Waals surface area contributed by atoms with Crippen molar-refractivity contribution < 1.29 is 8.78 Å². The fraction of sp³-hybridized carbons (Fsp3) is 0.250. The topological polar surface area (TPSA) is 29.9 Å². The van der Waals surface area contributed by atoms with Crippen molar-refractivity contribution in [3.05, 3.63) is 40.6 Å². The Morgan fingerprint density at radius 1 is 1.39 bits per heavy atom. The van der Waals surface area contributed by atoms with E-state index in [9.17, 15) is 8.78 Å². The number of aryl methyl sites for hydroxylation is 1. The van der Waals surface area contributed by atoms with Crippen molar-refractivity contribution in [1.82, 2.24) is 9.55 Å². The summed E-state index contributed by atoms with van der Waals surface area (Å²) in [4.78, 5) is 4.11. The van der Waals surface area contributed by atoms with Gasteiger partial charge in [-0.05, 0) is 28.4 Å².